The van der Waals surface area contributed by atoms with Gasteiger partial charge in [-0.2, -0.15) is 0 Å². The maximum atomic E-state index is 9.47. The van der Waals surface area contributed by atoms with E-state index in [0.717, 1.165) is 48.1 Å². The first-order valence-corrected chi connectivity index (χ1v) is 7.90. The van der Waals surface area contributed by atoms with Crippen molar-refractivity contribution in [3.8, 4) is 0 Å². The Labute approximate surface area is 119 Å². The molecule has 1 saturated heterocycles. The number of rotatable bonds is 6. The summed E-state index contributed by atoms with van der Waals surface area (Å²) >= 11 is 1.60. The van der Waals surface area contributed by atoms with Gasteiger partial charge in [0, 0.05) is 20.2 Å². The molecule has 108 valence electrons. The van der Waals surface area contributed by atoms with Crippen molar-refractivity contribution in [1.29, 1.82) is 0 Å². The van der Waals surface area contributed by atoms with Crippen LogP contribution in [0.2, 0.25) is 0 Å². The molecule has 1 aliphatic rings. The fraction of sp³-hybridized carbons (Fsp3) is 0.786. The van der Waals surface area contributed by atoms with Crippen LogP contribution >= 0.6 is 11.3 Å². The van der Waals surface area contributed by atoms with Gasteiger partial charge in [-0.05, 0) is 25.2 Å². The van der Waals surface area contributed by atoms with Crippen LogP contribution in [0.4, 0.5) is 5.13 Å². The number of nitrogens with zero attached hydrogens (tertiary/aromatic N) is 2. The summed E-state index contributed by atoms with van der Waals surface area (Å²) in [6, 6.07) is 0. The summed E-state index contributed by atoms with van der Waals surface area (Å²) < 4.78 is 5.66. The van der Waals surface area contributed by atoms with Gasteiger partial charge in [0.25, 0.3) is 0 Å². The van der Waals surface area contributed by atoms with E-state index >= 15 is 0 Å². The second-order valence-corrected chi connectivity index (χ2v) is 6.35. The van der Waals surface area contributed by atoms with E-state index in [1.165, 1.54) is 0 Å². The van der Waals surface area contributed by atoms with Crippen LogP contribution in [0.25, 0.3) is 0 Å². The van der Waals surface area contributed by atoms with Gasteiger partial charge in [0.1, 0.15) is 0 Å². The minimum Gasteiger partial charge on any atom is -0.391 e. The third kappa shape index (κ3) is 3.46. The molecule has 1 aliphatic heterocycles. The summed E-state index contributed by atoms with van der Waals surface area (Å²) in [5, 5.41) is 10.5. The Morgan fingerprint density at radius 1 is 1.58 bits per heavy atom. The highest BCUT2D eigenvalue weighted by Crippen LogP contribution is 2.32. The lowest BCUT2D eigenvalue weighted by Gasteiger charge is -2.19. The average molecular weight is 284 g/mol. The van der Waals surface area contributed by atoms with Gasteiger partial charge in [-0.25, -0.2) is 4.98 Å². The van der Waals surface area contributed by atoms with E-state index in [4.69, 9.17) is 9.72 Å². The minimum absolute atomic E-state index is 0.0884. The van der Waals surface area contributed by atoms with Crippen LogP contribution in [0.1, 0.15) is 49.6 Å². The van der Waals surface area contributed by atoms with Crippen LogP contribution in [0.15, 0.2) is 0 Å². The second-order valence-electron chi connectivity index (χ2n) is 5.29. The first kappa shape index (κ1) is 14.8. The Bertz CT molecular complexity index is 402. The summed E-state index contributed by atoms with van der Waals surface area (Å²) in [4.78, 5) is 7.88. The fourth-order valence-corrected chi connectivity index (χ4v) is 3.39. The summed E-state index contributed by atoms with van der Waals surface area (Å²) in [6.45, 7) is 6.18. The molecule has 0 amide bonds. The molecule has 1 aromatic rings. The maximum Gasteiger partial charge on any atom is 0.185 e. The molecule has 19 heavy (non-hydrogen) atoms. The molecule has 0 spiro atoms. The molecule has 1 aromatic heterocycles. The number of anilines is 1. The van der Waals surface area contributed by atoms with Crippen molar-refractivity contribution < 1.29 is 9.84 Å². The van der Waals surface area contributed by atoms with Crippen LogP contribution < -0.4 is 4.90 Å². The zero-order valence-electron chi connectivity index (χ0n) is 12.1. The predicted octanol–water partition coefficient (Wildman–Crippen LogP) is 2.76. The number of hydrogen-bond donors (Lipinski definition) is 1. The molecular formula is C14H24N2O2S. The van der Waals surface area contributed by atoms with Crippen molar-refractivity contribution in [3.63, 3.8) is 0 Å². The molecule has 1 fully saturated rings. The largest absolute Gasteiger partial charge is 0.391 e. The Morgan fingerprint density at radius 2 is 2.37 bits per heavy atom. The third-order valence-electron chi connectivity index (χ3n) is 3.77. The quantitative estimate of drug-likeness (QED) is 0.872. The molecule has 1 N–H and O–H groups in total. The lowest BCUT2D eigenvalue weighted by molar-refractivity contribution is 0.116. The normalized spacial score (nSPS) is 20.7. The molecule has 2 rings (SSSR count). The molecule has 0 bridgehead atoms. The third-order valence-corrected chi connectivity index (χ3v) is 4.94. The van der Waals surface area contributed by atoms with E-state index in [9.17, 15) is 5.11 Å². The molecule has 0 saturated carbocycles. The molecule has 2 unspecified atom stereocenters. The Hall–Kier alpha value is -0.650. The van der Waals surface area contributed by atoms with Crippen molar-refractivity contribution in [1.82, 2.24) is 4.98 Å². The highest BCUT2D eigenvalue weighted by molar-refractivity contribution is 7.15. The standard InChI is InChI=1S/C14H24N2O2S/c1-4-10(2)13-12(9-17)19-14(15-13)16(3)8-11-6-5-7-18-11/h10-11,17H,4-9H2,1-3H3. The number of likely N-dealkylation sites (N-methyl/N-ethyl adjacent to an activating group) is 1. The molecule has 4 nitrogen and oxygen atoms in total. The van der Waals surface area contributed by atoms with Gasteiger partial charge >= 0.3 is 0 Å². The second kappa shape index (κ2) is 6.68. The first-order valence-electron chi connectivity index (χ1n) is 7.08. The van der Waals surface area contributed by atoms with Crippen molar-refractivity contribution >= 4 is 16.5 Å². The topological polar surface area (TPSA) is 45.6 Å². The Morgan fingerprint density at radius 3 is 2.95 bits per heavy atom. The number of ether oxygens (including phenoxy) is 1. The van der Waals surface area contributed by atoms with Gasteiger partial charge in [0.15, 0.2) is 5.13 Å². The van der Waals surface area contributed by atoms with Crippen LogP contribution in [0.3, 0.4) is 0 Å². The van der Waals surface area contributed by atoms with Crippen LogP contribution in [0, 0.1) is 0 Å². The molecule has 0 aromatic carbocycles. The summed E-state index contributed by atoms with van der Waals surface area (Å²) in [6.07, 6.45) is 3.68. The molecule has 0 aliphatic carbocycles. The van der Waals surface area contributed by atoms with E-state index in [1.54, 1.807) is 11.3 Å². The zero-order chi connectivity index (χ0) is 13.8. The molecule has 0 radical (unpaired) electrons. The number of aromatic nitrogens is 1. The Balaban J connectivity index is 2.08. The van der Waals surface area contributed by atoms with E-state index in [0.29, 0.717) is 12.0 Å². The van der Waals surface area contributed by atoms with Crippen LogP contribution in [0.5, 0.6) is 0 Å². The lowest BCUT2D eigenvalue weighted by atomic mass is 10.0. The smallest absolute Gasteiger partial charge is 0.185 e. The minimum atomic E-state index is 0.0884. The number of aliphatic hydroxyl groups is 1. The number of aliphatic hydroxyl groups excluding tert-OH is 1. The highest BCUT2D eigenvalue weighted by Gasteiger charge is 2.21. The molecular weight excluding hydrogens is 260 g/mol. The van der Waals surface area contributed by atoms with Crippen LogP contribution in [-0.4, -0.2) is 36.4 Å². The van der Waals surface area contributed by atoms with Crippen LogP contribution in [-0.2, 0) is 11.3 Å². The predicted molar refractivity (Wildman–Crippen MR) is 79.0 cm³/mol. The number of thiazole rings is 1. The van der Waals surface area contributed by atoms with Gasteiger partial charge in [0.2, 0.25) is 0 Å². The summed E-state index contributed by atoms with van der Waals surface area (Å²) in [5.41, 5.74) is 1.06. The van der Waals surface area contributed by atoms with Crippen molar-refractivity contribution in [2.24, 2.45) is 0 Å². The maximum absolute atomic E-state index is 9.47. The van der Waals surface area contributed by atoms with Gasteiger partial charge in [-0.1, -0.05) is 25.2 Å². The van der Waals surface area contributed by atoms with E-state index in [-0.39, 0.29) is 6.61 Å². The van der Waals surface area contributed by atoms with E-state index < -0.39 is 0 Å². The number of hydrogen-bond acceptors (Lipinski definition) is 5. The van der Waals surface area contributed by atoms with Gasteiger partial charge in [-0.15, -0.1) is 0 Å². The average Bonchev–Trinajstić information content (AvgIpc) is 3.06. The molecule has 5 heteroatoms. The SMILES string of the molecule is CCC(C)c1nc(N(C)CC2CCCO2)sc1CO. The van der Waals surface area contributed by atoms with Gasteiger partial charge in [-0.3, -0.25) is 0 Å². The van der Waals surface area contributed by atoms with Gasteiger partial charge in [0.05, 0.1) is 23.3 Å². The summed E-state index contributed by atoms with van der Waals surface area (Å²) in [7, 11) is 2.06. The Kier molecular flexibility index (Phi) is 5.19. The molecule has 2 heterocycles. The van der Waals surface area contributed by atoms with Crippen molar-refractivity contribution in [2.45, 2.75) is 51.7 Å². The summed E-state index contributed by atoms with van der Waals surface area (Å²) in [5.74, 6) is 0.406. The monoisotopic (exact) mass is 284 g/mol. The fourth-order valence-electron chi connectivity index (χ4n) is 2.38. The lowest BCUT2D eigenvalue weighted by Crippen LogP contribution is -2.28. The van der Waals surface area contributed by atoms with E-state index in [2.05, 4.69) is 25.8 Å². The molecule has 2 atom stereocenters. The van der Waals surface area contributed by atoms with E-state index in [1.807, 2.05) is 0 Å². The zero-order valence-corrected chi connectivity index (χ0v) is 12.9. The van der Waals surface area contributed by atoms with Crippen molar-refractivity contribution in [3.05, 3.63) is 10.6 Å². The van der Waals surface area contributed by atoms with Crippen molar-refractivity contribution in [2.75, 3.05) is 25.1 Å². The van der Waals surface area contributed by atoms with Gasteiger partial charge < -0.3 is 14.7 Å². The highest BCUT2D eigenvalue weighted by atomic mass is 32.1. The first-order chi connectivity index (χ1) is 9.15.